The summed E-state index contributed by atoms with van der Waals surface area (Å²) in [5.74, 6) is 0.612. The highest BCUT2D eigenvalue weighted by Gasteiger charge is 2.38. The van der Waals surface area contributed by atoms with Crippen LogP contribution in [0.2, 0.25) is 0 Å². The molecule has 3 aliphatic rings. The molecule has 0 unspecified atom stereocenters. The first-order valence-corrected chi connectivity index (χ1v) is 12.5. The third kappa shape index (κ3) is 5.00. The molecule has 190 valence electrons. The summed E-state index contributed by atoms with van der Waals surface area (Å²) < 4.78 is 19.8. The number of piperazine rings is 1. The average molecular weight is 493 g/mol. The van der Waals surface area contributed by atoms with Gasteiger partial charge in [-0.1, -0.05) is 0 Å². The minimum atomic E-state index is -0.645. The number of allylic oxidation sites excluding steroid dienone is 1. The van der Waals surface area contributed by atoms with Gasteiger partial charge in [0.15, 0.2) is 0 Å². The number of benzene rings is 1. The summed E-state index contributed by atoms with van der Waals surface area (Å²) in [5.41, 5.74) is 8.39. The van der Waals surface area contributed by atoms with Crippen molar-refractivity contribution in [1.29, 1.82) is 0 Å². The van der Waals surface area contributed by atoms with Crippen LogP contribution in [0.4, 0.5) is 15.9 Å². The van der Waals surface area contributed by atoms with Crippen molar-refractivity contribution < 1.29 is 13.9 Å². The number of ether oxygens (including phenoxy) is 1. The van der Waals surface area contributed by atoms with Crippen LogP contribution in [0, 0.1) is 5.82 Å². The molecule has 36 heavy (non-hydrogen) atoms. The molecule has 0 saturated carbocycles. The second-order valence-electron chi connectivity index (χ2n) is 9.88. The second kappa shape index (κ2) is 10.0. The molecule has 1 aromatic heterocycles. The lowest BCUT2D eigenvalue weighted by atomic mass is 9.93. The Hall–Kier alpha value is -3.27. The lowest BCUT2D eigenvalue weighted by Gasteiger charge is -2.34. The molecule has 3 aliphatic heterocycles. The first-order valence-electron chi connectivity index (χ1n) is 12.5. The summed E-state index contributed by atoms with van der Waals surface area (Å²) in [4.78, 5) is 22.1. The number of aromatic nitrogens is 1. The number of anilines is 2. The largest absolute Gasteiger partial charge is 0.482 e. The van der Waals surface area contributed by atoms with Crippen molar-refractivity contribution in [2.24, 2.45) is 5.73 Å². The van der Waals surface area contributed by atoms with Crippen molar-refractivity contribution in [2.45, 2.75) is 19.4 Å². The Morgan fingerprint density at radius 2 is 1.89 bits per heavy atom. The van der Waals surface area contributed by atoms with Gasteiger partial charge in [0.2, 0.25) is 0 Å². The Morgan fingerprint density at radius 1 is 1.14 bits per heavy atom. The molecular formula is C27H33FN6O2. The van der Waals surface area contributed by atoms with Crippen molar-refractivity contribution in [3.63, 3.8) is 0 Å². The van der Waals surface area contributed by atoms with Gasteiger partial charge in [-0.15, -0.1) is 0 Å². The molecule has 9 heteroatoms. The van der Waals surface area contributed by atoms with Crippen LogP contribution in [-0.2, 0) is 9.53 Å². The zero-order chi connectivity index (χ0) is 25.3. The summed E-state index contributed by atoms with van der Waals surface area (Å²) in [6.45, 7) is 11.7. The number of nitrogens with two attached hydrogens (primary N) is 1. The number of halogens is 1. The van der Waals surface area contributed by atoms with Crippen molar-refractivity contribution in [3.8, 4) is 0 Å². The third-order valence-electron chi connectivity index (χ3n) is 6.98. The number of nitrogens with one attached hydrogen (secondary N) is 2. The zero-order valence-corrected chi connectivity index (χ0v) is 20.8. The number of carbonyl (C=O) groups is 1. The predicted molar refractivity (Wildman–Crippen MR) is 140 cm³/mol. The summed E-state index contributed by atoms with van der Waals surface area (Å²) in [6.07, 6.45) is 3.72. The summed E-state index contributed by atoms with van der Waals surface area (Å²) in [5, 5.41) is 6.14. The van der Waals surface area contributed by atoms with Crippen molar-refractivity contribution in [2.75, 3.05) is 63.0 Å². The van der Waals surface area contributed by atoms with Crippen LogP contribution in [0.3, 0.4) is 0 Å². The van der Waals surface area contributed by atoms with Gasteiger partial charge < -0.3 is 21.1 Å². The van der Waals surface area contributed by atoms with Gasteiger partial charge in [0.05, 0.1) is 11.3 Å². The highest BCUT2D eigenvalue weighted by Crippen LogP contribution is 2.44. The molecule has 2 aromatic rings. The Kier molecular flexibility index (Phi) is 6.79. The van der Waals surface area contributed by atoms with Gasteiger partial charge in [-0.05, 0) is 50.3 Å². The number of rotatable bonds is 7. The van der Waals surface area contributed by atoms with Crippen LogP contribution in [0.25, 0.3) is 11.1 Å². The van der Waals surface area contributed by atoms with Crippen LogP contribution < -0.4 is 16.4 Å². The van der Waals surface area contributed by atoms with Crippen LogP contribution in [-0.4, -0.2) is 78.7 Å². The molecule has 1 fully saturated rings. The highest BCUT2D eigenvalue weighted by atomic mass is 19.1. The molecule has 4 N–H and O–H groups in total. The maximum absolute atomic E-state index is 13.6. The molecule has 1 amide bonds. The molecule has 0 bridgehead atoms. The summed E-state index contributed by atoms with van der Waals surface area (Å²) >= 11 is 0. The molecule has 0 atom stereocenters. The molecule has 0 spiro atoms. The monoisotopic (exact) mass is 492 g/mol. The number of hydrogen-bond acceptors (Lipinski definition) is 7. The molecule has 5 rings (SSSR count). The van der Waals surface area contributed by atoms with Crippen LogP contribution in [0.5, 0.6) is 0 Å². The second-order valence-corrected chi connectivity index (χ2v) is 9.88. The quantitative estimate of drug-likeness (QED) is 0.512. The van der Waals surface area contributed by atoms with Crippen LogP contribution in [0.1, 0.15) is 25.0 Å². The molecular weight excluding hydrogens is 459 g/mol. The van der Waals surface area contributed by atoms with E-state index in [0.717, 1.165) is 62.8 Å². The Balaban J connectivity index is 1.25. The van der Waals surface area contributed by atoms with Gasteiger partial charge in [0.1, 0.15) is 23.0 Å². The number of nitrogens with zero attached hydrogens (tertiary/aromatic N) is 3. The first kappa shape index (κ1) is 24.4. The van der Waals surface area contributed by atoms with E-state index in [1.807, 2.05) is 38.3 Å². The molecule has 0 radical (unpaired) electrons. The van der Waals surface area contributed by atoms with E-state index in [9.17, 15) is 9.18 Å². The molecule has 1 aromatic carbocycles. The molecule has 0 aliphatic carbocycles. The van der Waals surface area contributed by atoms with E-state index in [0.29, 0.717) is 29.1 Å². The topological polar surface area (TPSA) is 95.8 Å². The molecule has 8 nitrogen and oxygen atoms in total. The SMILES string of the molecule is CC1(C)O/C(=C2/C(=O)Nc3cc(F)ccc32)C=C1c1ccc(NCCN2CCN(CCN)CC2)nc1. The van der Waals surface area contributed by atoms with Crippen molar-refractivity contribution in [3.05, 3.63) is 65.3 Å². The van der Waals surface area contributed by atoms with Crippen LogP contribution in [0.15, 0.2) is 48.4 Å². The van der Waals surface area contributed by atoms with Gasteiger partial charge >= 0.3 is 0 Å². The van der Waals surface area contributed by atoms with Crippen molar-refractivity contribution >= 4 is 28.6 Å². The maximum atomic E-state index is 13.6. The van der Waals surface area contributed by atoms with Crippen molar-refractivity contribution in [1.82, 2.24) is 14.8 Å². The van der Waals surface area contributed by atoms with E-state index in [2.05, 4.69) is 25.4 Å². The van der Waals surface area contributed by atoms with E-state index in [4.69, 9.17) is 10.5 Å². The Bertz CT molecular complexity index is 1200. The Labute approximate surface area is 211 Å². The fourth-order valence-electron chi connectivity index (χ4n) is 5.03. The average Bonchev–Trinajstić information content (AvgIpc) is 3.34. The minimum absolute atomic E-state index is 0.294. The standard InChI is InChI=1S/C27H33FN6O2/c1-27(2)21(16-23(36-27)25-20-5-4-19(28)15-22(20)32-26(25)35)18-3-6-24(31-17-18)30-8-10-34-13-11-33(9-7-29)12-14-34/h3-6,15-17H,7-14,29H2,1-2H3,(H,30,31)(H,32,35)/b25-23+. The number of carbonyl (C=O) groups excluding carboxylic acids is 1. The van der Waals surface area contributed by atoms with E-state index in [1.165, 1.54) is 12.1 Å². The van der Waals surface area contributed by atoms with E-state index in [1.54, 1.807) is 6.07 Å². The van der Waals surface area contributed by atoms with Gasteiger partial charge in [0, 0.05) is 75.3 Å². The molecule has 4 heterocycles. The summed E-state index contributed by atoms with van der Waals surface area (Å²) in [6, 6.07) is 8.26. The number of pyridine rings is 1. The van der Waals surface area contributed by atoms with Gasteiger partial charge in [-0.2, -0.15) is 0 Å². The van der Waals surface area contributed by atoms with Gasteiger partial charge in [0.25, 0.3) is 5.91 Å². The van der Waals surface area contributed by atoms with Gasteiger partial charge in [-0.25, -0.2) is 9.37 Å². The third-order valence-corrected chi connectivity index (χ3v) is 6.98. The van der Waals surface area contributed by atoms with Crippen LogP contribution >= 0.6 is 0 Å². The Morgan fingerprint density at radius 3 is 2.58 bits per heavy atom. The zero-order valence-electron chi connectivity index (χ0n) is 20.8. The fourth-order valence-corrected chi connectivity index (χ4v) is 5.03. The fraction of sp³-hybridized carbons (Fsp3) is 0.407. The normalized spacial score (nSPS) is 21.7. The number of hydrogen-bond donors (Lipinski definition) is 3. The maximum Gasteiger partial charge on any atom is 0.260 e. The smallest absolute Gasteiger partial charge is 0.260 e. The lowest BCUT2D eigenvalue weighted by Crippen LogP contribution is -2.48. The summed E-state index contributed by atoms with van der Waals surface area (Å²) in [7, 11) is 0. The number of amides is 1. The van der Waals surface area contributed by atoms with E-state index in [-0.39, 0.29) is 5.91 Å². The van der Waals surface area contributed by atoms with E-state index < -0.39 is 11.4 Å². The number of fused-ring (bicyclic) bond motifs is 1. The van der Waals surface area contributed by atoms with Gasteiger partial charge in [-0.3, -0.25) is 14.6 Å². The minimum Gasteiger partial charge on any atom is -0.482 e. The molecule has 1 saturated heterocycles. The van der Waals surface area contributed by atoms with E-state index >= 15 is 0 Å². The first-order chi connectivity index (χ1) is 17.3. The highest BCUT2D eigenvalue weighted by molar-refractivity contribution is 6.32. The lowest BCUT2D eigenvalue weighted by molar-refractivity contribution is -0.111. The predicted octanol–water partition coefficient (Wildman–Crippen LogP) is 2.76.